The van der Waals surface area contributed by atoms with E-state index in [4.69, 9.17) is 9.26 Å². The number of fused-ring (bicyclic) bond motifs is 1. The lowest BCUT2D eigenvalue weighted by atomic mass is 9.93. The van der Waals surface area contributed by atoms with Crippen molar-refractivity contribution in [3.05, 3.63) is 35.9 Å². The number of ether oxygens (including phenoxy) is 1. The zero-order valence-corrected chi connectivity index (χ0v) is 15.4. The fourth-order valence-corrected chi connectivity index (χ4v) is 3.64. The summed E-state index contributed by atoms with van der Waals surface area (Å²) in [5, 5.41) is 12.3. The van der Waals surface area contributed by atoms with Gasteiger partial charge in [-0.15, -0.1) is 0 Å². The second-order valence-corrected chi connectivity index (χ2v) is 6.76. The molecule has 0 saturated carbocycles. The van der Waals surface area contributed by atoms with E-state index in [1.54, 1.807) is 12.3 Å². The van der Waals surface area contributed by atoms with Crippen LogP contribution in [-0.2, 0) is 11.2 Å². The SMILES string of the molecule is CCOc1cc(CCC(=O)N2CCC[C@H](c3[nH]nc4ncccc34)C2)on1. The number of aryl methyl sites for hydroxylation is 1. The van der Waals surface area contributed by atoms with Gasteiger partial charge in [-0.25, -0.2) is 4.98 Å². The Morgan fingerprint density at radius 3 is 3.30 bits per heavy atom. The van der Waals surface area contributed by atoms with Crippen molar-refractivity contribution in [2.45, 2.75) is 38.5 Å². The standard InChI is InChI=1S/C19H23N5O3/c1-2-26-16-11-14(27-23-16)7-8-17(25)24-10-4-5-13(12-24)18-15-6-3-9-20-19(15)22-21-18/h3,6,9,11,13H,2,4-5,7-8,10,12H2,1H3,(H,20,21,22)/t13-/m0/s1. The van der Waals surface area contributed by atoms with Crippen molar-refractivity contribution in [2.24, 2.45) is 0 Å². The normalized spacial score (nSPS) is 17.4. The third-order valence-electron chi connectivity index (χ3n) is 4.96. The Bertz CT molecular complexity index is 919. The number of H-pyrrole nitrogens is 1. The van der Waals surface area contributed by atoms with E-state index in [1.807, 2.05) is 24.0 Å². The molecule has 0 bridgehead atoms. The predicted molar refractivity (Wildman–Crippen MR) is 98.4 cm³/mol. The van der Waals surface area contributed by atoms with Crippen molar-refractivity contribution in [1.29, 1.82) is 0 Å². The van der Waals surface area contributed by atoms with Crippen molar-refractivity contribution in [3.8, 4) is 5.88 Å². The number of nitrogens with zero attached hydrogens (tertiary/aromatic N) is 4. The van der Waals surface area contributed by atoms with Gasteiger partial charge in [0.2, 0.25) is 5.91 Å². The van der Waals surface area contributed by atoms with Crippen molar-refractivity contribution in [1.82, 2.24) is 25.2 Å². The lowest BCUT2D eigenvalue weighted by Gasteiger charge is -2.32. The first-order valence-corrected chi connectivity index (χ1v) is 9.39. The Kier molecular flexibility index (Phi) is 5.04. The number of piperidine rings is 1. The summed E-state index contributed by atoms with van der Waals surface area (Å²) in [6.45, 7) is 3.92. The maximum atomic E-state index is 12.7. The van der Waals surface area contributed by atoms with Crippen molar-refractivity contribution < 1.29 is 14.1 Å². The molecule has 4 rings (SSSR count). The van der Waals surface area contributed by atoms with Crippen LogP contribution >= 0.6 is 0 Å². The lowest BCUT2D eigenvalue weighted by molar-refractivity contribution is -0.132. The van der Waals surface area contributed by atoms with Crippen molar-refractivity contribution in [3.63, 3.8) is 0 Å². The van der Waals surface area contributed by atoms with Crippen LogP contribution in [-0.4, -0.2) is 50.8 Å². The highest BCUT2D eigenvalue weighted by Crippen LogP contribution is 2.30. The van der Waals surface area contributed by atoms with Crippen LogP contribution in [0.25, 0.3) is 11.0 Å². The average Bonchev–Trinajstić information content (AvgIpc) is 3.33. The number of aromatic nitrogens is 4. The van der Waals surface area contributed by atoms with Crippen LogP contribution in [0.2, 0.25) is 0 Å². The summed E-state index contributed by atoms with van der Waals surface area (Å²) in [4.78, 5) is 18.9. The van der Waals surface area contributed by atoms with E-state index in [-0.39, 0.29) is 11.8 Å². The van der Waals surface area contributed by atoms with Gasteiger partial charge in [-0.05, 0) is 37.1 Å². The van der Waals surface area contributed by atoms with E-state index >= 15 is 0 Å². The van der Waals surface area contributed by atoms with E-state index in [1.165, 1.54) is 0 Å². The van der Waals surface area contributed by atoms with Crippen LogP contribution in [0.5, 0.6) is 5.88 Å². The molecule has 1 atom stereocenters. The summed E-state index contributed by atoms with van der Waals surface area (Å²) in [6, 6.07) is 5.70. The fourth-order valence-electron chi connectivity index (χ4n) is 3.64. The highest BCUT2D eigenvalue weighted by molar-refractivity contribution is 5.79. The van der Waals surface area contributed by atoms with Crippen LogP contribution in [0.4, 0.5) is 0 Å². The summed E-state index contributed by atoms with van der Waals surface area (Å²) >= 11 is 0. The van der Waals surface area contributed by atoms with Crippen LogP contribution in [0.1, 0.15) is 43.6 Å². The predicted octanol–water partition coefficient (Wildman–Crippen LogP) is 2.68. The highest BCUT2D eigenvalue weighted by atomic mass is 16.5. The van der Waals surface area contributed by atoms with Gasteiger partial charge in [0.05, 0.1) is 6.61 Å². The van der Waals surface area contributed by atoms with Crippen molar-refractivity contribution in [2.75, 3.05) is 19.7 Å². The number of carbonyl (C=O) groups is 1. The largest absolute Gasteiger partial charge is 0.476 e. The van der Waals surface area contributed by atoms with Gasteiger partial charge in [-0.3, -0.25) is 9.89 Å². The van der Waals surface area contributed by atoms with Gasteiger partial charge in [0.1, 0.15) is 5.76 Å². The number of pyridine rings is 1. The minimum Gasteiger partial charge on any atom is -0.476 e. The van der Waals surface area contributed by atoms with Crippen molar-refractivity contribution >= 4 is 16.9 Å². The molecule has 8 heteroatoms. The molecule has 1 aliphatic rings. The van der Waals surface area contributed by atoms with E-state index in [2.05, 4.69) is 20.3 Å². The molecule has 3 aromatic rings. The second-order valence-electron chi connectivity index (χ2n) is 6.76. The zero-order chi connectivity index (χ0) is 18.6. The first kappa shape index (κ1) is 17.5. The highest BCUT2D eigenvalue weighted by Gasteiger charge is 2.27. The molecule has 4 heterocycles. The molecule has 3 aromatic heterocycles. The number of carbonyl (C=O) groups excluding carboxylic acids is 1. The maximum Gasteiger partial charge on any atom is 0.254 e. The first-order chi connectivity index (χ1) is 13.2. The molecule has 0 aromatic carbocycles. The van der Waals surface area contributed by atoms with Crippen LogP contribution in [0.3, 0.4) is 0 Å². The molecule has 8 nitrogen and oxygen atoms in total. The molecule has 1 amide bonds. The second kappa shape index (κ2) is 7.77. The Balaban J connectivity index is 1.38. The van der Waals surface area contributed by atoms with E-state index < -0.39 is 0 Å². The number of nitrogens with one attached hydrogen (secondary N) is 1. The van der Waals surface area contributed by atoms with Gasteiger partial charge in [-0.1, -0.05) is 0 Å². The number of hydrogen-bond acceptors (Lipinski definition) is 6. The monoisotopic (exact) mass is 369 g/mol. The molecule has 0 radical (unpaired) electrons. The molecule has 1 N–H and O–H groups in total. The summed E-state index contributed by atoms with van der Waals surface area (Å²) < 4.78 is 10.5. The summed E-state index contributed by atoms with van der Waals surface area (Å²) in [5.74, 6) is 1.53. The molecule has 1 aliphatic heterocycles. The molecular formula is C19H23N5O3. The number of amides is 1. The minimum atomic E-state index is 0.135. The molecular weight excluding hydrogens is 346 g/mol. The third-order valence-corrected chi connectivity index (χ3v) is 4.96. The summed E-state index contributed by atoms with van der Waals surface area (Å²) in [5.41, 5.74) is 1.80. The number of rotatable bonds is 6. The Morgan fingerprint density at radius 2 is 2.41 bits per heavy atom. The van der Waals surface area contributed by atoms with E-state index in [0.29, 0.717) is 37.6 Å². The van der Waals surface area contributed by atoms with Gasteiger partial charge >= 0.3 is 0 Å². The maximum absolute atomic E-state index is 12.7. The van der Waals surface area contributed by atoms with E-state index in [9.17, 15) is 4.79 Å². The molecule has 142 valence electrons. The Hall–Kier alpha value is -2.90. The van der Waals surface area contributed by atoms with Crippen LogP contribution < -0.4 is 4.74 Å². The van der Waals surface area contributed by atoms with Crippen LogP contribution in [0, 0.1) is 0 Å². The molecule has 27 heavy (non-hydrogen) atoms. The first-order valence-electron chi connectivity index (χ1n) is 9.39. The van der Waals surface area contributed by atoms with Gasteiger partial charge in [0.25, 0.3) is 5.88 Å². The number of likely N-dealkylation sites (tertiary alicyclic amines) is 1. The quantitative estimate of drug-likeness (QED) is 0.717. The number of aromatic amines is 1. The molecule has 0 spiro atoms. The third kappa shape index (κ3) is 3.79. The zero-order valence-electron chi connectivity index (χ0n) is 15.4. The molecule has 1 fully saturated rings. The van der Waals surface area contributed by atoms with Crippen LogP contribution in [0.15, 0.2) is 28.9 Å². The smallest absolute Gasteiger partial charge is 0.254 e. The average molecular weight is 369 g/mol. The van der Waals surface area contributed by atoms with Gasteiger partial charge in [0.15, 0.2) is 5.65 Å². The Morgan fingerprint density at radius 1 is 1.48 bits per heavy atom. The molecule has 1 saturated heterocycles. The molecule has 0 unspecified atom stereocenters. The van der Waals surface area contributed by atoms with Gasteiger partial charge in [-0.2, -0.15) is 5.10 Å². The van der Waals surface area contributed by atoms with E-state index in [0.717, 1.165) is 36.1 Å². The summed E-state index contributed by atoms with van der Waals surface area (Å²) in [6.07, 6.45) is 4.68. The lowest BCUT2D eigenvalue weighted by Crippen LogP contribution is -2.39. The topological polar surface area (TPSA) is 97.1 Å². The minimum absolute atomic E-state index is 0.135. The van der Waals surface area contributed by atoms with Gasteiger partial charge in [0, 0.05) is 55.2 Å². The molecule has 0 aliphatic carbocycles. The summed E-state index contributed by atoms with van der Waals surface area (Å²) in [7, 11) is 0. The fraction of sp³-hybridized carbons (Fsp3) is 0.474. The Labute approximate surface area is 156 Å². The van der Waals surface area contributed by atoms with Gasteiger partial charge < -0.3 is 14.2 Å². The number of hydrogen-bond donors (Lipinski definition) is 1.